The Hall–Kier alpha value is -2.77. The average molecular weight is 556 g/mol. The molecule has 3 aromatic heterocycles. The molecular formula is C21H20BrF2N5O4S. The summed E-state index contributed by atoms with van der Waals surface area (Å²) >= 11 is 4.29. The minimum Gasteiger partial charge on any atom is -0.466 e. The van der Waals surface area contributed by atoms with Gasteiger partial charge in [0.25, 0.3) is 11.1 Å². The average Bonchev–Trinajstić information content (AvgIpc) is 3.22. The maximum absolute atomic E-state index is 13.1. The molecule has 3 aromatic rings. The van der Waals surface area contributed by atoms with Gasteiger partial charge in [-0.2, -0.15) is 8.78 Å². The van der Waals surface area contributed by atoms with Gasteiger partial charge in [-0.1, -0.05) is 5.10 Å². The zero-order valence-electron chi connectivity index (χ0n) is 17.9. The molecular weight excluding hydrogens is 536 g/mol. The van der Waals surface area contributed by atoms with Gasteiger partial charge in [0.05, 0.1) is 17.9 Å². The lowest BCUT2D eigenvalue weighted by Gasteiger charge is -2.24. The summed E-state index contributed by atoms with van der Waals surface area (Å²) in [6.07, 6.45) is 4.90. The number of hydrogen-bond acceptors (Lipinski definition) is 9. The first-order valence-electron chi connectivity index (χ1n) is 10.4. The second-order valence-corrected chi connectivity index (χ2v) is 9.38. The molecule has 13 heteroatoms. The van der Waals surface area contributed by atoms with Crippen LogP contribution in [0.3, 0.4) is 0 Å². The highest BCUT2D eigenvalue weighted by Crippen LogP contribution is 2.35. The van der Waals surface area contributed by atoms with Crippen molar-refractivity contribution in [1.29, 1.82) is 0 Å². The summed E-state index contributed by atoms with van der Waals surface area (Å²) in [5.41, 5.74) is 1.29. The van der Waals surface area contributed by atoms with Crippen molar-refractivity contribution in [3.63, 3.8) is 0 Å². The van der Waals surface area contributed by atoms with Crippen LogP contribution >= 0.6 is 27.3 Å². The van der Waals surface area contributed by atoms with Gasteiger partial charge in [-0.3, -0.25) is 15.1 Å². The second kappa shape index (κ2) is 10.7. The largest absolute Gasteiger partial charge is 0.466 e. The number of rotatable bonds is 7. The van der Waals surface area contributed by atoms with Gasteiger partial charge in [-0.25, -0.2) is 4.98 Å². The van der Waals surface area contributed by atoms with Gasteiger partial charge in [0.1, 0.15) is 10.7 Å². The fourth-order valence-corrected chi connectivity index (χ4v) is 4.55. The molecule has 0 aromatic carbocycles. The normalized spacial score (nSPS) is 18.1. The molecule has 4 rings (SSSR count). The van der Waals surface area contributed by atoms with Crippen LogP contribution < -0.4 is 14.8 Å². The summed E-state index contributed by atoms with van der Waals surface area (Å²) in [7, 11) is 0. The number of nitrogens with one attached hydrogen (secondary N) is 1. The highest BCUT2D eigenvalue weighted by molar-refractivity contribution is 9.10. The number of aliphatic hydroxyl groups is 1. The molecule has 1 aliphatic carbocycles. The maximum atomic E-state index is 13.1. The van der Waals surface area contributed by atoms with Crippen LogP contribution in [0.5, 0.6) is 10.9 Å². The number of hydrogen-bond donors (Lipinski definition) is 2. The van der Waals surface area contributed by atoms with E-state index in [1.165, 1.54) is 12.3 Å². The van der Waals surface area contributed by atoms with Crippen LogP contribution in [-0.4, -0.2) is 50.0 Å². The van der Waals surface area contributed by atoms with E-state index in [-0.39, 0.29) is 34.2 Å². The Labute approximate surface area is 205 Å². The molecule has 2 N–H and O–H groups in total. The Balaban J connectivity index is 1.55. The van der Waals surface area contributed by atoms with Crippen LogP contribution in [-0.2, 0) is 0 Å². The van der Waals surface area contributed by atoms with Crippen LogP contribution in [0, 0.1) is 6.92 Å². The van der Waals surface area contributed by atoms with Crippen molar-refractivity contribution < 1.29 is 28.2 Å². The predicted molar refractivity (Wildman–Crippen MR) is 123 cm³/mol. The molecule has 1 amide bonds. The number of halogens is 3. The van der Waals surface area contributed by atoms with E-state index in [0.717, 1.165) is 17.5 Å². The standard InChI is InChI=1S/C21H20BrF2N5O4S/c1-10-6-13(14-7-17(22)26-9-16(14)33-19(23)24)15(8-25-10)18(31)27-20-28-29-21(34-20)32-12-4-2-11(30)3-5-12/h6-9,11-12,19,30H,2-5H2,1H3,(H,27,28,31). The minimum atomic E-state index is -3.06. The summed E-state index contributed by atoms with van der Waals surface area (Å²) in [4.78, 5) is 21.2. The van der Waals surface area contributed by atoms with Crippen molar-refractivity contribution in [2.24, 2.45) is 0 Å². The number of aryl methyl sites for hydroxylation is 1. The zero-order valence-corrected chi connectivity index (χ0v) is 20.3. The number of nitrogens with zero attached hydrogens (tertiary/aromatic N) is 4. The van der Waals surface area contributed by atoms with Gasteiger partial charge in [-0.15, -0.1) is 5.10 Å². The lowest BCUT2D eigenvalue weighted by Crippen LogP contribution is -2.26. The third-order valence-corrected chi connectivity index (χ3v) is 6.33. The molecule has 0 unspecified atom stereocenters. The molecule has 0 atom stereocenters. The van der Waals surface area contributed by atoms with Gasteiger partial charge in [-0.05, 0) is 72.0 Å². The predicted octanol–water partition coefficient (Wildman–Crippen LogP) is 4.60. The summed E-state index contributed by atoms with van der Waals surface area (Å²) in [5.74, 6) is -0.732. The van der Waals surface area contributed by atoms with E-state index >= 15 is 0 Å². The van der Waals surface area contributed by atoms with Gasteiger partial charge >= 0.3 is 6.61 Å². The van der Waals surface area contributed by atoms with E-state index in [1.54, 1.807) is 13.0 Å². The molecule has 3 heterocycles. The highest BCUT2D eigenvalue weighted by Gasteiger charge is 2.23. The number of carbonyl (C=O) groups is 1. The first-order chi connectivity index (χ1) is 16.3. The monoisotopic (exact) mass is 555 g/mol. The number of anilines is 1. The van der Waals surface area contributed by atoms with Gasteiger partial charge in [0.15, 0.2) is 5.75 Å². The zero-order chi connectivity index (χ0) is 24.2. The third kappa shape index (κ3) is 6.02. The Bertz CT molecular complexity index is 1170. The quantitative estimate of drug-likeness (QED) is 0.406. The van der Waals surface area contributed by atoms with Crippen LogP contribution in [0.15, 0.2) is 29.1 Å². The summed E-state index contributed by atoms with van der Waals surface area (Å²) < 4.78 is 36.7. The van der Waals surface area contributed by atoms with Crippen molar-refractivity contribution in [3.8, 4) is 22.1 Å². The lowest BCUT2D eigenvalue weighted by atomic mass is 9.95. The number of aromatic nitrogens is 4. The van der Waals surface area contributed by atoms with E-state index in [0.29, 0.717) is 46.7 Å². The van der Waals surface area contributed by atoms with E-state index < -0.39 is 12.5 Å². The van der Waals surface area contributed by atoms with Crippen LogP contribution in [0.4, 0.5) is 13.9 Å². The van der Waals surface area contributed by atoms with E-state index in [4.69, 9.17) is 4.74 Å². The van der Waals surface area contributed by atoms with E-state index in [9.17, 15) is 18.7 Å². The topological polar surface area (TPSA) is 119 Å². The highest BCUT2D eigenvalue weighted by atomic mass is 79.9. The molecule has 1 fully saturated rings. The molecule has 34 heavy (non-hydrogen) atoms. The fraction of sp³-hybridized carbons (Fsp3) is 0.381. The second-order valence-electron chi connectivity index (χ2n) is 7.63. The maximum Gasteiger partial charge on any atom is 0.387 e. The summed E-state index contributed by atoms with van der Waals surface area (Å²) in [6.45, 7) is -1.34. The van der Waals surface area contributed by atoms with Crippen LogP contribution in [0.2, 0.25) is 0 Å². The number of alkyl halides is 2. The van der Waals surface area contributed by atoms with E-state index in [1.807, 2.05) is 0 Å². The smallest absolute Gasteiger partial charge is 0.387 e. The summed E-state index contributed by atoms with van der Waals surface area (Å²) in [6, 6.07) is 3.09. The first kappa shape index (κ1) is 24.4. The van der Waals surface area contributed by atoms with Gasteiger partial charge in [0, 0.05) is 23.0 Å². The Morgan fingerprint density at radius 1 is 1.18 bits per heavy atom. The van der Waals surface area contributed by atoms with Crippen molar-refractivity contribution in [3.05, 3.63) is 40.4 Å². The number of amides is 1. The molecule has 0 spiro atoms. The fourth-order valence-electron chi connectivity index (χ4n) is 3.56. The molecule has 180 valence electrons. The molecule has 0 saturated heterocycles. The molecule has 1 aliphatic rings. The van der Waals surface area contributed by atoms with Gasteiger partial charge < -0.3 is 14.6 Å². The number of ether oxygens (including phenoxy) is 2. The number of pyridine rings is 2. The SMILES string of the molecule is Cc1cc(-c2cc(Br)ncc2OC(F)F)c(C(=O)Nc2nnc(OC3CCC(O)CC3)s2)cn1. The van der Waals surface area contributed by atoms with Gasteiger partial charge in [0.2, 0.25) is 5.13 Å². The van der Waals surface area contributed by atoms with Crippen LogP contribution in [0.25, 0.3) is 11.1 Å². The summed E-state index contributed by atoms with van der Waals surface area (Å²) in [5, 5.41) is 20.7. The minimum absolute atomic E-state index is 0.0637. The lowest BCUT2D eigenvalue weighted by molar-refractivity contribution is -0.0496. The Morgan fingerprint density at radius 2 is 1.94 bits per heavy atom. The van der Waals surface area contributed by atoms with Crippen molar-refractivity contribution in [2.75, 3.05) is 5.32 Å². The number of aliphatic hydroxyl groups excluding tert-OH is 1. The van der Waals surface area contributed by atoms with Crippen LogP contribution in [0.1, 0.15) is 41.7 Å². The Kier molecular flexibility index (Phi) is 7.63. The molecule has 9 nitrogen and oxygen atoms in total. The molecule has 0 radical (unpaired) electrons. The van der Waals surface area contributed by atoms with Crippen molar-refractivity contribution in [2.45, 2.75) is 51.4 Å². The third-order valence-electron chi connectivity index (χ3n) is 5.16. The first-order valence-corrected chi connectivity index (χ1v) is 12.0. The van der Waals surface area contributed by atoms with Crippen molar-refractivity contribution in [1.82, 2.24) is 20.2 Å². The number of carbonyl (C=O) groups excluding carboxylic acids is 1. The Morgan fingerprint density at radius 3 is 2.68 bits per heavy atom. The van der Waals surface area contributed by atoms with E-state index in [2.05, 4.69) is 46.1 Å². The molecule has 0 aliphatic heterocycles. The molecule has 1 saturated carbocycles. The van der Waals surface area contributed by atoms with Crippen molar-refractivity contribution >= 4 is 38.3 Å². The molecule has 0 bridgehead atoms.